The molecule has 158 valence electrons. The monoisotopic (exact) mass is 427 g/mol. The minimum absolute atomic E-state index is 0.0384. The van der Waals surface area contributed by atoms with Crippen LogP contribution in [0.1, 0.15) is 16.7 Å². The zero-order valence-electron chi connectivity index (χ0n) is 15.7. The summed E-state index contributed by atoms with van der Waals surface area (Å²) in [5.41, 5.74) is -1.80. The topological polar surface area (TPSA) is 66.6 Å². The first kappa shape index (κ1) is 21.3. The van der Waals surface area contributed by atoms with E-state index in [1.807, 2.05) is 6.92 Å². The van der Waals surface area contributed by atoms with E-state index in [4.69, 9.17) is 5.41 Å². The molecule has 0 aliphatic heterocycles. The number of benzene rings is 2. The van der Waals surface area contributed by atoms with Crippen LogP contribution in [0, 0.1) is 12.3 Å². The number of nitrogens with one attached hydrogen (secondary N) is 2. The van der Waals surface area contributed by atoms with Crippen LogP contribution in [-0.2, 0) is 19.4 Å². The van der Waals surface area contributed by atoms with Crippen LogP contribution < -0.4 is 10.8 Å². The molecule has 0 bridgehead atoms. The van der Waals surface area contributed by atoms with Gasteiger partial charge < -0.3 is 5.32 Å². The van der Waals surface area contributed by atoms with Gasteiger partial charge in [0.1, 0.15) is 5.69 Å². The van der Waals surface area contributed by atoms with Gasteiger partial charge in [-0.15, -0.1) is 5.10 Å². The van der Waals surface area contributed by atoms with E-state index in [1.165, 1.54) is 7.05 Å². The number of aromatic nitrogens is 3. The van der Waals surface area contributed by atoms with Crippen LogP contribution >= 0.6 is 0 Å². The first-order valence-corrected chi connectivity index (χ1v) is 8.48. The molecule has 5 nitrogen and oxygen atoms in total. The minimum atomic E-state index is -4.97. The molecule has 3 rings (SSSR count). The van der Waals surface area contributed by atoms with Crippen molar-refractivity contribution in [2.45, 2.75) is 19.3 Å². The summed E-state index contributed by atoms with van der Waals surface area (Å²) in [6, 6.07) is 8.09. The Morgan fingerprint density at radius 2 is 1.43 bits per heavy atom. The number of rotatable bonds is 3. The number of anilines is 2. The molecular formula is C19H15F6N5. The largest absolute Gasteiger partial charge is 0.416 e. The van der Waals surface area contributed by atoms with E-state index >= 15 is 0 Å². The fourth-order valence-corrected chi connectivity index (χ4v) is 2.65. The van der Waals surface area contributed by atoms with Gasteiger partial charge in [0.05, 0.1) is 11.1 Å². The van der Waals surface area contributed by atoms with Gasteiger partial charge in [0.25, 0.3) is 0 Å². The van der Waals surface area contributed by atoms with Crippen molar-refractivity contribution in [1.82, 2.24) is 14.8 Å². The van der Waals surface area contributed by atoms with Crippen molar-refractivity contribution >= 4 is 11.6 Å². The lowest BCUT2D eigenvalue weighted by atomic mass is 10.1. The Labute approximate surface area is 166 Å². The highest BCUT2D eigenvalue weighted by molar-refractivity contribution is 5.62. The van der Waals surface area contributed by atoms with E-state index < -0.39 is 29.2 Å². The van der Waals surface area contributed by atoms with Gasteiger partial charge in [0.2, 0.25) is 5.95 Å². The van der Waals surface area contributed by atoms with Gasteiger partial charge in [-0.05, 0) is 25.1 Å². The average molecular weight is 427 g/mol. The Morgan fingerprint density at radius 1 is 0.900 bits per heavy atom. The Hall–Kier alpha value is -3.37. The molecule has 0 spiro atoms. The quantitative estimate of drug-likeness (QED) is 0.575. The second-order valence-electron chi connectivity index (χ2n) is 6.54. The highest BCUT2D eigenvalue weighted by Crippen LogP contribution is 2.38. The van der Waals surface area contributed by atoms with Crippen molar-refractivity contribution < 1.29 is 26.3 Å². The molecule has 30 heavy (non-hydrogen) atoms. The normalized spacial score (nSPS) is 12.1. The highest BCUT2D eigenvalue weighted by Gasteiger charge is 2.37. The van der Waals surface area contributed by atoms with Crippen molar-refractivity contribution in [3.05, 3.63) is 64.6 Å². The Kier molecular flexibility index (Phi) is 5.31. The van der Waals surface area contributed by atoms with Gasteiger partial charge in [-0.3, -0.25) is 5.41 Å². The van der Waals surface area contributed by atoms with Crippen molar-refractivity contribution in [3.8, 4) is 11.3 Å². The van der Waals surface area contributed by atoms with E-state index in [9.17, 15) is 26.3 Å². The van der Waals surface area contributed by atoms with E-state index in [2.05, 4.69) is 15.4 Å². The van der Waals surface area contributed by atoms with Crippen molar-refractivity contribution in [2.24, 2.45) is 7.05 Å². The second-order valence-corrected chi connectivity index (χ2v) is 6.54. The molecule has 1 aromatic heterocycles. The second kappa shape index (κ2) is 7.47. The lowest BCUT2D eigenvalue weighted by molar-refractivity contribution is -0.143. The van der Waals surface area contributed by atoms with Gasteiger partial charge in [0.15, 0.2) is 5.49 Å². The summed E-state index contributed by atoms with van der Waals surface area (Å²) in [6.45, 7) is 1.87. The summed E-state index contributed by atoms with van der Waals surface area (Å²) in [5.74, 6) is -0.253. The summed E-state index contributed by atoms with van der Waals surface area (Å²) in [4.78, 5) is 4.12. The number of aryl methyl sites for hydroxylation is 2. The zero-order valence-corrected chi connectivity index (χ0v) is 15.7. The van der Waals surface area contributed by atoms with Crippen LogP contribution in [0.25, 0.3) is 11.3 Å². The molecule has 0 unspecified atom stereocenters. The van der Waals surface area contributed by atoms with Crippen LogP contribution in [0.2, 0.25) is 0 Å². The van der Waals surface area contributed by atoms with Gasteiger partial charge in [-0.2, -0.15) is 26.3 Å². The molecule has 2 aromatic carbocycles. The molecule has 0 atom stereocenters. The van der Waals surface area contributed by atoms with Crippen molar-refractivity contribution in [1.29, 1.82) is 5.41 Å². The molecule has 0 aliphatic rings. The molecule has 3 aromatic rings. The lowest BCUT2D eigenvalue weighted by Gasteiger charge is -2.15. The third kappa shape index (κ3) is 4.61. The maximum absolute atomic E-state index is 13.1. The summed E-state index contributed by atoms with van der Waals surface area (Å²) in [7, 11) is 1.42. The fourth-order valence-electron chi connectivity index (χ4n) is 2.65. The molecular weight excluding hydrogens is 412 g/mol. The Balaban J connectivity index is 2.08. The van der Waals surface area contributed by atoms with Crippen molar-refractivity contribution in [3.63, 3.8) is 0 Å². The highest BCUT2D eigenvalue weighted by atomic mass is 19.4. The predicted octanol–water partition coefficient (Wildman–Crippen LogP) is 5.05. The number of alkyl halides is 6. The van der Waals surface area contributed by atoms with Gasteiger partial charge in [0, 0.05) is 18.3 Å². The Bertz CT molecular complexity index is 1100. The van der Waals surface area contributed by atoms with Crippen LogP contribution in [0.15, 0.2) is 42.5 Å². The standard InChI is InChI=1S/C19H15F6N5/c1-10-3-5-11(6-4-10)15-16(26)30(2)29-17(28-15)27-14-8-12(18(20,21)22)7-13(9-14)19(23,24)25/h3-9,26H,1-2H3,(H,27,29). The van der Waals surface area contributed by atoms with Gasteiger partial charge >= 0.3 is 12.4 Å². The average Bonchev–Trinajstić information content (AvgIpc) is 2.63. The van der Waals surface area contributed by atoms with E-state index in [1.54, 1.807) is 24.3 Å². The van der Waals surface area contributed by atoms with E-state index in [0.29, 0.717) is 17.7 Å². The van der Waals surface area contributed by atoms with Crippen LogP contribution in [-0.4, -0.2) is 14.8 Å². The summed E-state index contributed by atoms with van der Waals surface area (Å²) < 4.78 is 79.4. The molecule has 0 radical (unpaired) electrons. The van der Waals surface area contributed by atoms with Crippen LogP contribution in [0.5, 0.6) is 0 Å². The van der Waals surface area contributed by atoms with Gasteiger partial charge in [-0.25, -0.2) is 9.67 Å². The third-order valence-electron chi connectivity index (χ3n) is 4.18. The maximum atomic E-state index is 13.1. The first-order valence-electron chi connectivity index (χ1n) is 8.48. The molecule has 0 aliphatic carbocycles. The molecule has 1 heterocycles. The SMILES string of the molecule is Cc1ccc(-c2nc(Nc3cc(C(F)(F)F)cc(C(F)(F)F)c3)nn(C)c2=N)cc1. The molecule has 11 heteroatoms. The molecule has 0 amide bonds. The van der Waals surface area contributed by atoms with Crippen LogP contribution in [0.4, 0.5) is 38.0 Å². The smallest absolute Gasteiger partial charge is 0.323 e. The summed E-state index contributed by atoms with van der Waals surface area (Å²) in [6.07, 6.45) is -9.94. The number of nitrogens with zero attached hydrogens (tertiary/aromatic N) is 3. The molecule has 0 saturated carbocycles. The summed E-state index contributed by atoms with van der Waals surface area (Å²) >= 11 is 0. The molecule has 0 fully saturated rings. The number of halogens is 6. The lowest BCUT2D eigenvalue weighted by Crippen LogP contribution is -2.24. The zero-order chi connectivity index (χ0) is 22.3. The minimum Gasteiger partial charge on any atom is -0.323 e. The van der Waals surface area contributed by atoms with E-state index in [0.717, 1.165) is 10.2 Å². The third-order valence-corrected chi connectivity index (χ3v) is 4.18. The summed E-state index contributed by atoms with van der Waals surface area (Å²) in [5, 5.41) is 14.4. The molecule has 2 N–H and O–H groups in total. The van der Waals surface area contributed by atoms with Crippen LogP contribution in [0.3, 0.4) is 0 Å². The maximum Gasteiger partial charge on any atom is 0.416 e. The number of hydrogen-bond acceptors (Lipinski definition) is 4. The van der Waals surface area contributed by atoms with E-state index in [-0.39, 0.29) is 23.2 Å². The Morgan fingerprint density at radius 3 is 1.93 bits per heavy atom. The first-order chi connectivity index (χ1) is 13.8. The number of hydrogen-bond donors (Lipinski definition) is 2. The predicted molar refractivity (Wildman–Crippen MR) is 96.8 cm³/mol. The van der Waals surface area contributed by atoms with Gasteiger partial charge in [-0.1, -0.05) is 29.8 Å². The fraction of sp³-hybridized carbons (Fsp3) is 0.211. The molecule has 0 saturated heterocycles. The van der Waals surface area contributed by atoms with Crippen molar-refractivity contribution in [2.75, 3.05) is 5.32 Å².